The van der Waals surface area contributed by atoms with E-state index < -0.39 is 34.7 Å². The molecule has 1 atom stereocenters. The van der Waals surface area contributed by atoms with Crippen LogP contribution in [0.5, 0.6) is 0 Å². The number of hydrogen-bond acceptors (Lipinski definition) is 4. The molecule has 0 radical (unpaired) electrons. The Labute approximate surface area is 116 Å². The van der Waals surface area contributed by atoms with Gasteiger partial charge in [0.15, 0.2) is 5.60 Å². The van der Waals surface area contributed by atoms with E-state index in [0.717, 1.165) is 5.56 Å². The molecule has 0 aromatic heterocycles. The van der Waals surface area contributed by atoms with Crippen molar-refractivity contribution in [1.82, 2.24) is 0 Å². The molecule has 0 amide bonds. The Morgan fingerprint density at radius 1 is 1.25 bits per heavy atom. The van der Waals surface area contributed by atoms with Gasteiger partial charge in [-0.1, -0.05) is 30.3 Å². The third-order valence-electron chi connectivity index (χ3n) is 3.14. The minimum Gasteiger partial charge on any atom is -0.373 e. The number of alkyl halides is 2. The lowest BCUT2D eigenvalue weighted by molar-refractivity contribution is -0.0419. The van der Waals surface area contributed by atoms with E-state index in [1.165, 1.54) is 6.92 Å². The van der Waals surface area contributed by atoms with Crippen LogP contribution in [0.2, 0.25) is 0 Å². The van der Waals surface area contributed by atoms with Crippen molar-refractivity contribution in [3.63, 3.8) is 0 Å². The molecule has 112 valence electrons. The Morgan fingerprint density at radius 2 is 1.85 bits per heavy atom. The molecule has 1 unspecified atom stereocenters. The van der Waals surface area contributed by atoms with E-state index in [0.29, 0.717) is 0 Å². The SMILES string of the molecule is CCS(=O)(=O)OC1(COCc2ccccc2)CC1(F)F. The van der Waals surface area contributed by atoms with Crippen molar-refractivity contribution in [2.24, 2.45) is 0 Å². The fraction of sp³-hybridized carbons (Fsp3) is 0.538. The normalized spacial score (nSPS) is 24.6. The summed E-state index contributed by atoms with van der Waals surface area (Å²) >= 11 is 0. The van der Waals surface area contributed by atoms with E-state index >= 15 is 0 Å². The number of rotatable bonds is 7. The van der Waals surface area contributed by atoms with E-state index in [4.69, 9.17) is 4.74 Å². The fourth-order valence-corrected chi connectivity index (χ4v) is 2.63. The monoisotopic (exact) mass is 306 g/mol. The molecule has 1 aromatic carbocycles. The van der Waals surface area contributed by atoms with Gasteiger partial charge in [-0.3, -0.25) is 4.18 Å². The van der Waals surface area contributed by atoms with Crippen LogP contribution in [0.3, 0.4) is 0 Å². The van der Waals surface area contributed by atoms with E-state index in [1.54, 1.807) is 24.3 Å². The van der Waals surface area contributed by atoms with Crippen molar-refractivity contribution >= 4 is 10.1 Å². The minimum absolute atomic E-state index is 0.133. The van der Waals surface area contributed by atoms with Crippen LogP contribution in [0.25, 0.3) is 0 Å². The zero-order chi connectivity index (χ0) is 14.9. The van der Waals surface area contributed by atoms with Crippen molar-refractivity contribution in [3.05, 3.63) is 35.9 Å². The number of ether oxygens (including phenoxy) is 1. The maximum absolute atomic E-state index is 13.4. The molecule has 0 N–H and O–H groups in total. The molecule has 4 nitrogen and oxygen atoms in total. The average Bonchev–Trinajstić information content (AvgIpc) is 2.91. The van der Waals surface area contributed by atoms with Crippen LogP contribution in [0, 0.1) is 0 Å². The van der Waals surface area contributed by atoms with Gasteiger partial charge in [0, 0.05) is 0 Å². The Hall–Kier alpha value is -1.05. The van der Waals surface area contributed by atoms with Gasteiger partial charge in [0.1, 0.15) is 0 Å². The lowest BCUT2D eigenvalue weighted by atomic mass is 10.2. The summed E-state index contributed by atoms with van der Waals surface area (Å²) < 4.78 is 59.3. The van der Waals surface area contributed by atoms with Gasteiger partial charge in [0.2, 0.25) is 0 Å². The van der Waals surface area contributed by atoms with Crippen LogP contribution < -0.4 is 0 Å². The molecule has 0 saturated heterocycles. The summed E-state index contributed by atoms with van der Waals surface area (Å²) in [6.07, 6.45) is -0.631. The molecule has 0 bridgehead atoms. The first kappa shape index (κ1) is 15.3. The van der Waals surface area contributed by atoms with Crippen LogP contribution in [0.15, 0.2) is 30.3 Å². The molecule has 1 fully saturated rings. The zero-order valence-corrected chi connectivity index (χ0v) is 11.8. The van der Waals surface area contributed by atoms with Crippen LogP contribution in [0.4, 0.5) is 8.78 Å². The van der Waals surface area contributed by atoms with E-state index in [1.807, 2.05) is 6.07 Å². The number of halogens is 2. The largest absolute Gasteiger partial charge is 0.373 e. The highest BCUT2D eigenvalue weighted by atomic mass is 32.2. The van der Waals surface area contributed by atoms with Crippen LogP contribution in [-0.2, 0) is 25.6 Å². The lowest BCUT2D eigenvalue weighted by Crippen LogP contribution is -2.32. The van der Waals surface area contributed by atoms with Crippen LogP contribution in [-0.4, -0.2) is 32.3 Å². The summed E-state index contributed by atoms with van der Waals surface area (Å²) in [5, 5.41) is 0. The summed E-state index contributed by atoms with van der Waals surface area (Å²) in [4.78, 5) is 0. The highest BCUT2D eigenvalue weighted by molar-refractivity contribution is 7.86. The van der Waals surface area contributed by atoms with E-state index in [2.05, 4.69) is 4.18 Å². The van der Waals surface area contributed by atoms with Gasteiger partial charge >= 0.3 is 0 Å². The summed E-state index contributed by atoms with van der Waals surface area (Å²) in [5.74, 6) is -3.50. The minimum atomic E-state index is -3.94. The highest BCUT2D eigenvalue weighted by Crippen LogP contribution is 2.56. The molecule has 0 aliphatic heterocycles. The van der Waals surface area contributed by atoms with Crippen LogP contribution in [0.1, 0.15) is 18.9 Å². The smallest absolute Gasteiger partial charge is 0.283 e. The van der Waals surface area contributed by atoms with Crippen molar-refractivity contribution in [2.75, 3.05) is 12.4 Å². The molecule has 2 rings (SSSR count). The molecular weight excluding hydrogens is 290 g/mol. The predicted octanol–water partition coefficient (Wildman–Crippen LogP) is 2.35. The quantitative estimate of drug-likeness (QED) is 0.726. The maximum Gasteiger partial charge on any atom is 0.283 e. The molecule has 1 saturated carbocycles. The first-order valence-electron chi connectivity index (χ1n) is 6.23. The first-order valence-corrected chi connectivity index (χ1v) is 7.81. The van der Waals surface area contributed by atoms with E-state index in [-0.39, 0.29) is 12.4 Å². The second-order valence-electron chi connectivity index (χ2n) is 4.78. The van der Waals surface area contributed by atoms with Crippen LogP contribution >= 0.6 is 0 Å². The molecule has 20 heavy (non-hydrogen) atoms. The Balaban J connectivity index is 1.95. The third kappa shape index (κ3) is 3.34. The Kier molecular flexibility index (Phi) is 4.13. The van der Waals surface area contributed by atoms with Crippen molar-refractivity contribution in [3.8, 4) is 0 Å². The van der Waals surface area contributed by atoms with Gasteiger partial charge < -0.3 is 4.74 Å². The molecule has 0 spiro atoms. The summed E-state index contributed by atoms with van der Waals surface area (Å²) in [6, 6.07) is 9.02. The van der Waals surface area contributed by atoms with Gasteiger partial charge in [-0.05, 0) is 12.5 Å². The van der Waals surface area contributed by atoms with Crippen molar-refractivity contribution in [1.29, 1.82) is 0 Å². The van der Waals surface area contributed by atoms with Gasteiger partial charge in [-0.2, -0.15) is 8.42 Å². The molecular formula is C13H16F2O4S. The topological polar surface area (TPSA) is 52.6 Å². The molecule has 0 heterocycles. The van der Waals surface area contributed by atoms with E-state index in [9.17, 15) is 17.2 Å². The van der Waals surface area contributed by atoms with Gasteiger partial charge in [-0.15, -0.1) is 0 Å². The standard InChI is InChI=1S/C13H16F2O4S/c1-2-20(16,17)19-12(9-13(12,14)15)10-18-8-11-6-4-3-5-7-11/h3-7H,2,8-10H2,1H3. The summed E-state index contributed by atoms with van der Waals surface area (Å²) in [5.41, 5.74) is -1.21. The van der Waals surface area contributed by atoms with Gasteiger partial charge in [0.05, 0.1) is 25.4 Å². The Morgan fingerprint density at radius 3 is 2.35 bits per heavy atom. The average molecular weight is 306 g/mol. The summed E-state index contributed by atoms with van der Waals surface area (Å²) in [6.45, 7) is 1.02. The zero-order valence-electron chi connectivity index (χ0n) is 11.0. The molecule has 1 aliphatic carbocycles. The van der Waals surface area contributed by atoms with Crippen molar-refractivity contribution in [2.45, 2.75) is 31.5 Å². The molecule has 1 aromatic rings. The maximum atomic E-state index is 13.4. The molecule has 1 aliphatic rings. The highest BCUT2D eigenvalue weighted by Gasteiger charge is 2.75. The number of benzene rings is 1. The molecule has 7 heteroatoms. The predicted molar refractivity (Wildman–Crippen MR) is 68.9 cm³/mol. The van der Waals surface area contributed by atoms with Gasteiger partial charge in [-0.25, -0.2) is 8.78 Å². The van der Waals surface area contributed by atoms with Crippen molar-refractivity contribution < 1.29 is 26.1 Å². The second-order valence-corrected chi connectivity index (χ2v) is 6.64. The Bertz CT molecular complexity index is 559. The first-order chi connectivity index (χ1) is 9.30. The number of hydrogen-bond donors (Lipinski definition) is 0. The second kappa shape index (κ2) is 5.38. The van der Waals surface area contributed by atoms with Gasteiger partial charge in [0.25, 0.3) is 16.0 Å². The fourth-order valence-electron chi connectivity index (χ4n) is 1.80. The lowest BCUT2D eigenvalue weighted by Gasteiger charge is -2.16. The summed E-state index contributed by atoms with van der Waals surface area (Å²) in [7, 11) is -3.94. The third-order valence-corrected chi connectivity index (χ3v) is 4.42.